The third-order valence-electron chi connectivity index (χ3n) is 4.21. The van der Waals surface area contributed by atoms with Crippen molar-refractivity contribution >= 4 is 5.78 Å². The van der Waals surface area contributed by atoms with E-state index in [1.54, 1.807) is 14.0 Å². The second-order valence-electron chi connectivity index (χ2n) is 5.77. The fourth-order valence-corrected chi connectivity index (χ4v) is 2.76. The highest BCUT2D eigenvalue weighted by Gasteiger charge is 2.31. The summed E-state index contributed by atoms with van der Waals surface area (Å²) in [5.74, 6) is 3.44. The minimum absolute atomic E-state index is 0.00724. The molecule has 0 N–H and O–H groups in total. The van der Waals surface area contributed by atoms with Crippen molar-refractivity contribution in [2.45, 2.75) is 32.6 Å². The number of carbonyl (C=O) groups is 1. The van der Waals surface area contributed by atoms with Crippen LogP contribution in [0.1, 0.15) is 42.1 Å². The van der Waals surface area contributed by atoms with Gasteiger partial charge >= 0.3 is 0 Å². The van der Waals surface area contributed by atoms with E-state index in [0.717, 1.165) is 30.4 Å². The molecule has 1 aromatic carbocycles. The lowest BCUT2D eigenvalue weighted by molar-refractivity contribution is 0.0928. The molecule has 0 aromatic heterocycles. The van der Waals surface area contributed by atoms with Gasteiger partial charge in [-0.15, -0.1) is 6.42 Å². The molecule has 1 aromatic rings. The maximum atomic E-state index is 12.4. The lowest BCUT2D eigenvalue weighted by Crippen LogP contribution is -2.13. The van der Waals surface area contributed by atoms with Gasteiger partial charge in [0.25, 0.3) is 0 Å². The highest BCUT2D eigenvalue weighted by Crippen LogP contribution is 2.33. The van der Waals surface area contributed by atoms with Crippen LogP contribution in [0.4, 0.5) is 0 Å². The van der Waals surface area contributed by atoms with Gasteiger partial charge in [-0.05, 0) is 43.9 Å². The Labute approximate surface area is 125 Å². The lowest BCUT2D eigenvalue weighted by Gasteiger charge is -2.15. The first-order chi connectivity index (χ1) is 10.0. The van der Waals surface area contributed by atoms with Gasteiger partial charge in [0.1, 0.15) is 11.2 Å². The molecule has 0 bridgehead atoms. The van der Waals surface area contributed by atoms with Crippen LogP contribution >= 0.6 is 0 Å². The van der Waals surface area contributed by atoms with Gasteiger partial charge < -0.3 is 4.74 Å². The van der Waals surface area contributed by atoms with E-state index in [0.29, 0.717) is 12.2 Å². The van der Waals surface area contributed by atoms with Crippen LogP contribution in [0.5, 0.6) is 5.75 Å². The molecule has 0 heterocycles. The van der Waals surface area contributed by atoms with Crippen LogP contribution in [-0.4, -0.2) is 12.9 Å². The predicted molar refractivity (Wildman–Crippen MR) is 80.9 cm³/mol. The molecule has 2 unspecified atom stereocenters. The summed E-state index contributed by atoms with van der Waals surface area (Å²) in [4.78, 5) is 12.4. The van der Waals surface area contributed by atoms with Gasteiger partial charge in [0, 0.05) is 11.5 Å². The first kappa shape index (κ1) is 15.1. The Morgan fingerprint density at radius 3 is 2.90 bits per heavy atom. The normalized spacial score (nSPS) is 19.2. The number of nitrogens with zero attached hydrogens (tertiary/aromatic N) is 1. The fraction of sp³-hybridized carbons (Fsp3) is 0.444. The SMILES string of the molecule is C#CC(C)(C#N)CCCC1Cc2ccc(OC)cc2C1=O. The summed E-state index contributed by atoms with van der Waals surface area (Å²) >= 11 is 0. The van der Waals surface area contributed by atoms with Gasteiger partial charge in [-0.2, -0.15) is 5.26 Å². The van der Waals surface area contributed by atoms with Gasteiger partial charge in [0.15, 0.2) is 5.78 Å². The van der Waals surface area contributed by atoms with Crippen LogP contribution in [0.2, 0.25) is 0 Å². The number of ether oxygens (including phenoxy) is 1. The van der Waals surface area contributed by atoms with Crippen LogP contribution < -0.4 is 4.74 Å². The molecule has 0 fully saturated rings. The standard InChI is InChI=1S/C18H19NO2/c1-4-18(2,12-19)9-5-6-14-10-13-7-8-15(21-3)11-16(13)17(14)20/h1,7-8,11,14H,5-6,9-10H2,2-3H3. The molecule has 0 saturated heterocycles. The maximum Gasteiger partial charge on any atom is 0.166 e. The Balaban J connectivity index is 1.98. The van der Waals surface area contributed by atoms with E-state index in [4.69, 9.17) is 16.4 Å². The molecule has 0 spiro atoms. The van der Waals surface area contributed by atoms with Crippen LogP contribution in [0.15, 0.2) is 18.2 Å². The molecule has 1 aliphatic carbocycles. The van der Waals surface area contributed by atoms with Gasteiger partial charge in [-0.25, -0.2) is 0 Å². The molecule has 2 atom stereocenters. The molecule has 3 heteroatoms. The Bertz CT molecular complexity index is 620. The Hall–Kier alpha value is -2.26. The van der Waals surface area contributed by atoms with Crippen molar-refractivity contribution in [3.05, 3.63) is 29.3 Å². The van der Waals surface area contributed by atoms with E-state index >= 15 is 0 Å². The van der Waals surface area contributed by atoms with Crippen LogP contribution in [0, 0.1) is 35.0 Å². The zero-order valence-electron chi connectivity index (χ0n) is 12.5. The van der Waals surface area contributed by atoms with Crippen molar-refractivity contribution in [2.24, 2.45) is 11.3 Å². The van der Waals surface area contributed by atoms with Crippen molar-refractivity contribution in [3.8, 4) is 24.2 Å². The molecule has 2 rings (SSSR count). The molecule has 21 heavy (non-hydrogen) atoms. The monoisotopic (exact) mass is 281 g/mol. The van der Waals surface area contributed by atoms with E-state index in [1.807, 2.05) is 18.2 Å². The number of carbonyl (C=O) groups excluding carboxylic acids is 1. The van der Waals surface area contributed by atoms with E-state index in [2.05, 4.69) is 12.0 Å². The third kappa shape index (κ3) is 3.09. The second-order valence-corrected chi connectivity index (χ2v) is 5.77. The smallest absolute Gasteiger partial charge is 0.166 e. The number of hydrogen-bond acceptors (Lipinski definition) is 3. The summed E-state index contributed by atoms with van der Waals surface area (Å²) < 4.78 is 5.17. The Morgan fingerprint density at radius 1 is 1.52 bits per heavy atom. The van der Waals surface area contributed by atoms with Crippen LogP contribution in [0.25, 0.3) is 0 Å². The van der Waals surface area contributed by atoms with Crippen molar-refractivity contribution in [1.29, 1.82) is 5.26 Å². The predicted octanol–water partition coefficient (Wildman–Crippen LogP) is 3.38. The molecule has 0 amide bonds. The number of methoxy groups -OCH3 is 1. The number of nitriles is 1. The Morgan fingerprint density at radius 2 is 2.29 bits per heavy atom. The van der Waals surface area contributed by atoms with Gasteiger partial charge in [0.2, 0.25) is 0 Å². The zero-order valence-corrected chi connectivity index (χ0v) is 12.5. The zero-order chi connectivity index (χ0) is 15.5. The number of ketones is 1. The van der Waals surface area contributed by atoms with Crippen molar-refractivity contribution in [1.82, 2.24) is 0 Å². The van der Waals surface area contributed by atoms with Crippen LogP contribution in [-0.2, 0) is 6.42 Å². The first-order valence-electron chi connectivity index (χ1n) is 7.13. The molecule has 3 nitrogen and oxygen atoms in total. The third-order valence-corrected chi connectivity index (χ3v) is 4.21. The number of rotatable bonds is 5. The van der Waals surface area contributed by atoms with Crippen molar-refractivity contribution in [2.75, 3.05) is 7.11 Å². The highest BCUT2D eigenvalue weighted by molar-refractivity contribution is 6.02. The molecular weight excluding hydrogens is 262 g/mol. The Kier molecular flexibility index (Phi) is 4.34. The number of terminal acetylenes is 1. The summed E-state index contributed by atoms with van der Waals surface area (Å²) in [5, 5.41) is 9.06. The minimum Gasteiger partial charge on any atom is -0.497 e. The summed E-state index contributed by atoms with van der Waals surface area (Å²) in [6.07, 6.45) is 8.35. The average Bonchev–Trinajstić information content (AvgIpc) is 2.83. The maximum absolute atomic E-state index is 12.4. The lowest BCUT2D eigenvalue weighted by atomic mass is 9.85. The average molecular weight is 281 g/mol. The van der Waals surface area contributed by atoms with Gasteiger partial charge in [0.05, 0.1) is 13.2 Å². The molecule has 1 aliphatic rings. The number of benzene rings is 1. The molecule has 0 aliphatic heterocycles. The van der Waals surface area contributed by atoms with Crippen molar-refractivity contribution in [3.63, 3.8) is 0 Å². The van der Waals surface area contributed by atoms with Crippen LogP contribution in [0.3, 0.4) is 0 Å². The van der Waals surface area contributed by atoms with E-state index in [1.165, 1.54) is 0 Å². The number of fused-ring (bicyclic) bond motifs is 1. The largest absolute Gasteiger partial charge is 0.497 e. The fourth-order valence-electron chi connectivity index (χ4n) is 2.76. The van der Waals surface area contributed by atoms with Crippen molar-refractivity contribution < 1.29 is 9.53 Å². The number of hydrogen-bond donors (Lipinski definition) is 0. The highest BCUT2D eigenvalue weighted by atomic mass is 16.5. The second kappa shape index (κ2) is 6.02. The molecule has 0 saturated carbocycles. The molecular formula is C18H19NO2. The number of Topliss-reactive ketones (excluding diaryl/α,β-unsaturated/α-hetero) is 1. The topological polar surface area (TPSA) is 50.1 Å². The quantitative estimate of drug-likeness (QED) is 0.777. The first-order valence-corrected chi connectivity index (χ1v) is 7.13. The molecule has 0 radical (unpaired) electrons. The summed E-state index contributed by atoms with van der Waals surface area (Å²) in [6.45, 7) is 1.77. The van der Waals surface area contributed by atoms with Gasteiger partial charge in [-0.1, -0.05) is 18.4 Å². The summed E-state index contributed by atoms with van der Waals surface area (Å²) in [5.41, 5.74) is 1.14. The summed E-state index contributed by atoms with van der Waals surface area (Å²) in [6, 6.07) is 7.83. The minimum atomic E-state index is -0.724. The summed E-state index contributed by atoms with van der Waals surface area (Å²) in [7, 11) is 1.60. The van der Waals surface area contributed by atoms with E-state index < -0.39 is 5.41 Å². The van der Waals surface area contributed by atoms with Gasteiger partial charge in [-0.3, -0.25) is 4.79 Å². The van der Waals surface area contributed by atoms with E-state index in [9.17, 15) is 4.79 Å². The van der Waals surface area contributed by atoms with E-state index in [-0.39, 0.29) is 11.7 Å². The molecule has 108 valence electrons.